The summed E-state index contributed by atoms with van der Waals surface area (Å²) in [6.07, 6.45) is 4.48. The molecule has 1 N–H and O–H groups in total. The normalized spacial score (nSPS) is 15.1. The van der Waals surface area contributed by atoms with Crippen LogP contribution in [0.3, 0.4) is 0 Å². The lowest BCUT2D eigenvalue weighted by atomic mass is 10.0. The summed E-state index contributed by atoms with van der Waals surface area (Å²) in [5.41, 5.74) is 0.659. The molecule has 1 saturated heterocycles. The molecular formula is C18H18FN3O2. The van der Waals surface area contributed by atoms with Gasteiger partial charge in [-0.25, -0.2) is 4.39 Å². The van der Waals surface area contributed by atoms with Crippen molar-refractivity contribution in [2.45, 2.75) is 18.9 Å². The van der Waals surface area contributed by atoms with E-state index in [2.05, 4.69) is 10.3 Å². The number of halogens is 1. The Balaban J connectivity index is 1.55. The van der Waals surface area contributed by atoms with Crippen LogP contribution in [0, 0.1) is 5.82 Å². The molecule has 1 aromatic heterocycles. The molecule has 0 radical (unpaired) electrons. The fourth-order valence-electron chi connectivity index (χ4n) is 2.81. The molecule has 1 fully saturated rings. The predicted molar refractivity (Wildman–Crippen MR) is 87.0 cm³/mol. The van der Waals surface area contributed by atoms with E-state index >= 15 is 0 Å². The van der Waals surface area contributed by atoms with E-state index in [0.29, 0.717) is 31.5 Å². The van der Waals surface area contributed by atoms with Gasteiger partial charge in [-0.2, -0.15) is 0 Å². The maximum atomic E-state index is 13.6. The van der Waals surface area contributed by atoms with E-state index in [0.717, 1.165) is 0 Å². The third-order valence-electron chi connectivity index (χ3n) is 4.16. The smallest absolute Gasteiger partial charge is 0.254 e. The molecule has 0 spiro atoms. The number of nitrogens with zero attached hydrogens (tertiary/aromatic N) is 2. The van der Waals surface area contributed by atoms with E-state index in [-0.39, 0.29) is 17.5 Å². The zero-order valence-corrected chi connectivity index (χ0v) is 13.1. The molecule has 6 heteroatoms. The number of amides is 2. The second kappa shape index (κ2) is 7.21. The molecule has 1 aliphatic heterocycles. The van der Waals surface area contributed by atoms with E-state index in [1.54, 1.807) is 41.6 Å². The number of hydrogen-bond donors (Lipinski definition) is 1. The van der Waals surface area contributed by atoms with Crippen LogP contribution in [-0.4, -0.2) is 40.8 Å². The molecule has 0 atom stereocenters. The SMILES string of the molecule is O=C(NC1CCN(C(=O)c2ccncc2)CC1)c1ccccc1F. The van der Waals surface area contributed by atoms with Gasteiger partial charge in [-0.1, -0.05) is 12.1 Å². The number of piperidine rings is 1. The summed E-state index contributed by atoms with van der Waals surface area (Å²) in [7, 11) is 0. The number of hydrogen-bond acceptors (Lipinski definition) is 3. The van der Waals surface area contributed by atoms with Crippen molar-refractivity contribution >= 4 is 11.8 Å². The monoisotopic (exact) mass is 327 g/mol. The number of carbonyl (C=O) groups is 2. The molecule has 5 nitrogen and oxygen atoms in total. The van der Waals surface area contributed by atoms with Crippen LogP contribution in [-0.2, 0) is 0 Å². The van der Waals surface area contributed by atoms with Crippen LogP contribution in [0.15, 0.2) is 48.8 Å². The van der Waals surface area contributed by atoms with Crippen LogP contribution in [0.2, 0.25) is 0 Å². The number of rotatable bonds is 3. The van der Waals surface area contributed by atoms with Gasteiger partial charge in [0.15, 0.2) is 0 Å². The van der Waals surface area contributed by atoms with Crippen molar-refractivity contribution in [3.05, 3.63) is 65.7 Å². The summed E-state index contributed by atoms with van der Waals surface area (Å²) in [4.78, 5) is 30.2. The average molecular weight is 327 g/mol. The van der Waals surface area contributed by atoms with Crippen LogP contribution in [0.1, 0.15) is 33.6 Å². The Kier molecular flexibility index (Phi) is 4.84. The molecule has 124 valence electrons. The van der Waals surface area contributed by atoms with Crippen molar-refractivity contribution in [1.82, 2.24) is 15.2 Å². The van der Waals surface area contributed by atoms with Crippen LogP contribution < -0.4 is 5.32 Å². The second-order valence-electron chi connectivity index (χ2n) is 5.76. The van der Waals surface area contributed by atoms with E-state index < -0.39 is 11.7 Å². The third-order valence-corrected chi connectivity index (χ3v) is 4.16. The van der Waals surface area contributed by atoms with Crippen molar-refractivity contribution in [2.75, 3.05) is 13.1 Å². The topological polar surface area (TPSA) is 62.3 Å². The molecule has 1 aliphatic rings. The molecule has 0 saturated carbocycles. The number of benzene rings is 1. The first-order valence-corrected chi connectivity index (χ1v) is 7.90. The number of likely N-dealkylation sites (tertiary alicyclic amines) is 1. The van der Waals surface area contributed by atoms with Gasteiger partial charge in [-0.15, -0.1) is 0 Å². The Bertz CT molecular complexity index is 728. The Hall–Kier alpha value is -2.76. The van der Waals surface area contributed by atoms with Gasteiger partial charge in [0.05, 0.1) is 5.56 Å². The minimum atomic E-state index is -0.527. The minimum absolute atomic E-state index is 0.0312. The summed E-state index contributed by atoms with van der Waals surface area (Å²) < 4.78 is 13.6. The second-order valence-corrected chi connectivity index (χ2v) is 5.76. The minimum Gasteiger partial charge on any atom is -0.349 e. The summed E-state index contributed by atoms with van der Waals surface area (Å²) in [5, 5.41) is 2.85. The van der Waals surface area contributed by atoms with Crippen molar-refractivity contribution in [3.8, 4) is 0 Å². The predicted octanol–water partition coefficient (Wildman–Crippen LogP) is 2.26. The Morgan fingerprint density at radius 1 is 1.08 bits per heavy atom. The maximum absolute atomic E-state index is 13.6. The van der Waals surface area contributed by atoms with Gasteiger partial charge in [0.1, 0.15) is 5.82 Å². The highest BCUT2D eigenvalue weighted by atomic mass is 19.1. The van der Waals surface area contributed by atoms with Crippen molar-refractivity contribution in [2.24, 2.45) is 0 Å². The first-order valence-electron chi connectivity index (χ1n) is 7.90. The van der Waals surface area contributed by atoms with E-state index in [9.17, 15) is 14.0 Å². The highest BCUT2D eigenvalue weighted by molar-refractivity contribution is 5.95. The van der Waals surface area contributed by atoms with Gasteiger partial charge in [-0.3, -0.25) is 14.6 Å². The van der Waals surface area contributed by atoms with Gasteiger partial charge in [0.2, 0.25) is 0 Å². The summed E-state index contributed by atoms with van der Waals surface area (Å²) in [6.45, 7) is 1.12. The number of pyridine rings is 1. The zero-order chi connectivity index (χ0) is 16.9. The van der Waals surface area contributed by atoms with E-state index in [1.165, 1.54) is 12.1 Å². The fourth-order valence-corrected chi connectivity index (χ4v) is 2.81. The molecule has 3 rings (SSSR count). The van der Waals surface area contributed by atoms with Crippen LogP contribution in [0.25, 0.3) is 0 Å². The number of aromatic nitrogens is 1. The lowest BCUT2D eigenvalue weighted by molar-refractivity contribution is 0.0697. The highest BCUT2D eigenvalue weighted by Crippen LogP contribution is 2.15. The molecule has 2 aromatic rings. The third kappa shape index (κ3) is 3.59. The van der Waals surface area contributed by atoms with Gasteiger partial charge >= 0.3 is 0 Å². The quantitative estimate of drug-likeness (QED) is 0.940. The largest absolute Gasteiger partial charge is 0.349 e. The Morgan fingerprint density at radius 2 is 1.75 bits per heavy atom. The lowest BCUT2D eigenvalue weighted by Gasteiger charge is -2.32. The molecular weight excluding hydrogens is 309 g/mol. The maximum Gasteiger partial charge on any atom is 0.254 e. The molecule has 24 heavy (non-hydrogen) atoms. The van der Waals surface area contributed by atoms with E-state index in [4.69, 9.17) is 0 Å². The van der Waals surface area contributed by atoms with Gasteiger partial charge in [0, 0.05) is 37.1 Å². The van der Waals surface area contributed by atoms with Gasteiger partial charge in [0.25, 0.3) is 11.8 Å². The molecule has 0 aliphatic carbocycles. The van der Waals surface area contributed by atoms with Gasteiger partial charge in [-0.05, 0) is 37.1 Å². The average Bonchev–Trinajstić information content (AvgIpc) is 2.63. The molecule has 2 amide bonds. The molecule has 0 bridgehead atoms. The summed E-state index contributed by atoms with van der Waals surface area (Å²) >= 11 is 0. The number of carbonyl (C=O) groups excluding carboxylic acids is 2. The lowest BCUT2D eigenvalue weighted by Crippen LogP contribution is -2.46. The number of nitrogens with one attached hydrogen (secondary N) is 1. The van der Waals surface area contributed by atoms with E-state index in [1.807, 2.05) is 0 Å². The van der Waals surface area contributed by atoms with Crippen LogP contribution >= 0.6 is 0 Å². The summed E-state index contributed by atoms with van der Waals surface area (Å²) in [6, 6.07) is 9.24. The molecule has 1 aromatic carbocycles. The van der Waals surface area contributed by atoms with Crippen molar-refractivity contribution in [1.29, 1.82) is 0 Å². The van der Waals surface area contributed by atoms with Gasteiger partial charge < -0.3 is 10.2 Å². The fraction of sp³-hybridized carbons (Fsp3) is 0.278. The Morgan fingerprint density at radius 3 is 2.42 bits per heavy atom. The summed E-state index contributed by atoms with van der Waals surface area (Å²) in [5.74, 6) is -0.969. The molecule has 0 unspecified atom stereocenters. The highest BCUT2D eigenvalue weighted by Gasteiger charge is 2.25. The Labute approximate surface area is 139 Å². The first-order chi connectivity index (χ1) is 11.6. The van der Waals surface area contributed by atoms with Crippen molar-refractivity contribution < 1.29 is 14.0 Å². The first kappa shape index (κ1) is 16.1. The van der Waals surface area contributed by atoms with Crippen LogP contribution in [0.5, 0.6) is 0 Å². The van der Waals surface area contributed by atoms with Crippen molar-refractivity contribution in [3.63, 3.8) is 0 Å². The molecule has 2 heterocycles. The van der Waals surface area contributed by atoms with Crippen LogP contribution in [0.4, 0.5) is 4.39 Å². The standard InChI is InChI=1S/C18H18FN3O2/c19-16-4-2-1-3-15(16)17(23)21-14-7-11-22(12-8-14)18(24)13-5-9-20-10-6-13/h1-6,9-10,14H,7-8,11-12H2,(H,21,23). The zero-order valence-electron chi connectivity index (χ0n) is 13.1.